The van der Waals surface area contributed by atoms with E-state index in [0.29, 0.717) is 5.69 Å². The van der Waals surface area contributed by atoms with Crippen molar-refractivity contribution in [1.29, 1.82) is 0 Å². The second kappa shape index (κ2) is 11.6. The molecule has 1 aromatic heterocycles. The second-order valence-corrected chi connectivity index (χ2v) is 8.16. The molecule has 0 aliphatic carbocycles. The monoisotopic (exact) mass is 482 g/mol. The van der Waals surface area contributed by atoms with Gasteiger partial charge in [0.15, 0.2) is 0 Å². The van der Waals surface area contributed by atoms with Crippen LogP contribution in [0.2, 0.25) is 0 Å². The molecule has 3 rings (SSSR count). The van der Waals surface area contributed by atoms with Gasteiger partial charge in [-0.05, 0) is 33.0 Å². The highest BCUT2D eigenvalue weighted by molar-refractivity contribution is 6.49. The molecule has 0 bridgehead atoms. The Hall–Kier alpha value is -3.77. The number of nitrogens with zero attached hydrogens (tertiary/aromatic N) is 2. The quantitative estimate of drug-likeness (QED) is 0.456. The number of carbonyl (C=O) groups excluding carboxylic acids is 4. The molecule has 184 valence electrons. The second-order valence-electron chi connectivity index (χ2n) is 8.16. The fourth-order valence-corrected chi connectivity index (χ4v) is 3.28. The van der Waals surface area contributed by atoms with E-state index in [9.17, 15) is 24.3 Å². The van der Waals surface area contributed by atoms with Crippen molar-refractivity contribution in [3.8, 4) is 11.3 Å². The van der Waals surface area contributed by atoms with Crippen molar-refractivity contribution in [3.63, 3.8) is 0 Å². The van der Waals surface area contributed by atoms with Crippen LogP contribution in [-0.2, 0) is 23.7 Å². The van der Waals surface area contributed by atoms with Crippen LogP contribution in [0.4, 0.5) is 0 Å². The maximum Gasteiger partial charge on any atom is 0.619 e. The standard InChI is InChI=1S/C23H27BN4O7/c1-14-23(33)35-24(34-19(30)12-28(14)3)13-25-22(32)20(15(2)29)27-21(31)18-11-7-10-17(26-18)16-8-5-4-6-9-16/h4-11,14-15,20,29H,12-13H2,1-3H3,(H,25,32)(H,27,31)/t14-,15+,20?/m0/s1. The Bertz CT molecular complexity index is 1080. The molecule has 1 unspecified atom stereocenters. The van der Waals surface area contributed by atoms with Crippen LogP contribution >= 0.6 is 0 Å². The summed E-state index contributed by atoms with van der Waals surface area (Å²) in [5.74, 6) is -2.67. The van der Waals surface area contributed by atoms with Gasteiger partial charge in [0, 0.05) is 5.56 Å². The lowest BCUT2D eigenvalue weighted by Gasteiger charge is -2.28. The van der Waals surface area contributed by atoms with Crippen LogP contribution in [0.1, 0.15) is 24.3 Å². The molecular weight excluding hydrogens is 455 g/mol. The zero-order chi connectivity index (χ0) is 25.5. The van der Waals surface area contributed by atoms with Gasteiger partial charge in [-0.25, -0.2) is 4.98 Å². The normalized spacial score (nSPS) is 18.4. The first-order chi connectivity index (χ1) is 16.7. The van der Waals surface area contributed by atoms with Gasteiger partial charge in [0.1, 0.15) is 17.8 Å². The van der Waals surface area contributed by atoms with Crippen molar-refractivity contribution >= 4 is 30.9 Å². The summed E-state index contributed by atoms with van der Waals surface area (Å²) in [6.45, 7) is 2.80. The molecule has 1 saturated heterocycles. The Balaban J connectivity index is 1.64. The van der Waals surface area contributed by atoms with E-state index in [4.69, 9.17) is 9.31 Å². The Morgan fingerprint density at radius 2 is 1.89 bits per heavy atom. The maximum absolute atomic E-state index is 12.8. The molecule has 0 spiro atoms. The number of hydrogen-bond acceptors (Lipinski definition) is 9. The average molecular weight is 482 g/mol. The van der Waals surface area contributed by atoms with Gasteiger partial charge in [-0.15, -0.1) is 0 Å². The van der Waals surface area contributed by atoms with E-state index in [2.05, 4.69) is 15.6 Å². The summed E-state index contributed by atoms with van der Waals surface area (Å²) in [4.78, 5) is 55.4. The SMILES string of the molecule is C[C@@H](O)C(NC(=O)c1cccc(-c2ccccc2)n1)C(=O)NCB1OC(=O)CN(C)[C@@H](C)C(=O)O1. The van der Waals surface area contributed by atoms with Crippen molar-refractivity contribution in [2.24, 2.45) is 0 Å². The third-order valence-electron chi connectivity index (χ3n) is 5.44. The van der Waals surface area contributed by atoms with Crippen LogP contribution in [0.25, 0.3) is 11.3 Å². The average Bonchev–Trinajstić information content (AvgIpc) is 2.84. The van der Waals surface area contributed by atoms with Crippen LogP contribution in [-0.4, -0.2) is 84.1 Å². The number of rotatable bonds is 7. The summed E-state index contributed by atoms with van der Waals surface area (Å²) in [7, 11) is 0.236. The number of nitrogens with one attached hydrogen (secondary N) is 2. The highest BCUT2D eigenvalue weighted by Crippen LogP contribution is 2.16. The molecule has 11 nitrogen and oxygen atoms in total. The predicted molar refractivity (Wildman–Crippen MR) is 126 cm³/mol. The van der Waals surface area contributed by atoms with E-state index in [1.807, 2.05) is 30.3 Å². The van der Waals surface area contributed by atoms with Crippen molar-refractivity contribution in [1.82, 2.24) is 20.5 Å². The number of likely N-dealkylation sites (N-methyl/N-ethyl adjacent to an activating group) is 1. The van der Waals surface area contributed by atoms with Gasteiger partial charge in [0.05, 0.1) is 24.8 Å². The highest BCUT2D eigenvalue weighted by atomic mass is 16.6. The molecule has 0 radical (unpaired) electrons. The Morgan fingerprint density at radius 1 is 1.17 bits per heavy atom. The molecule has 1 aromatic carbocycles. The van der Waals surface area contributed by atoms with Crippen LogP contribution in [0.5, 0.6) is 0 Å². The molecule has 1 aliphatic heterocycles. The number of amides is 2. The van der Waals surface area contributed by atoms with Crippen molar-refractivity contribution in [2.45, 2.75) is 32.0 Å². The molecule has 3 N–H and O–H groups in total. The molecule has 2 amide bonds. The summed E-state index contributed by atoms with van der Waals surface area (Å²) < 4.78 is 10.2. The molecule has 3 atom stereocenters. The lowest BCUT2D eigenvalue weighted by molar-refractivity contribution is -0.149. The number of pyridine rings is 1. The number of hydrogen-bond donors (Lipinski definition) is 3. The van der Waals surface area contributed by atoms with E-state index in [-0.39, 0.29) is 18.7 Å². The number of carbonyl (C=O) groups is 4. The van der Waals surface area contributed by atoms with Gasteiger partial charge < -0.3 is 25.0 Å². The van der Waals surface area contributed by atoms with E-state index in [0.717, 1.165) is 5.56 Å². The van der Waals surface area contributed by atoms with E-state index in [1.165, 1.54) is 17.9 Å². The Morgan fingerprint density at radius 3 is 2.57 bits per heavy atom. The zero-order valence-electron chi connectivity index (χ0n) is 19.6. The summed E-state index contributed by atoms with van der Waals surface area (Å²) >= 11 is 0. The van der Waals surface area contributed by atoms with Crippen LogP contribution in [0, 0.1) is 0 Å². The van der Waals surface area contributed by atoms with Crippen molar-refractivity contribution in [3.05, 3.63) is 54.2 Å². The number of aromatic nitrogens is 1. The summed E-state index contributed by atoms with van der Waals surface area (Å²) in [6.07, 6.45) is -1.61. The fourth-order valence-electron chi connectivity index (χ4n) is 3.28. The molecule has 35 heavy (non-hydrogen) atoms. The lowest BCUT2D eigenvalue weighted by Crippen LogP contribution is -2.56. The van der Waals surface area contributed by atoms with Crippen molar-refractivity contribution in [2.75, 3.05) is 20.0 Å². The molecule has 2 aromatic rings. The minimum Gasteiger partial charge on any atom is -0.497 e. The molecule has 2 heterocycles. The zero-order valence-corrected chi connectivity index (χ0v) is 19.6. The smallest absolute Gasteiger partial charge is 0.497 e. The summed E-state index contributed by atoms with van der Waals surface area (Å²) in [6, 6.07) is 12.2. The van der Waals surface area contributed by atoms with E-state index >= 15 is 0 Å². The fraction of sp³-hybridized carbons (Fsp3) is 0.348. The first-order valence-electron chi connectivity index (χ1n) is 11.0. The third kappa shape index (κ3) is 6.87. The Labute approximate surface area is 203 Å². The topological polar surface area (TPSA) is 147 Å². The van der Waals surface area contributed by atoms with Gasteiger partial charge in [-0.3, -0.25) is 24.1 Å². The first kappa shape index (κ1) is 25.9. The number of benzene rings is 1. The van der Waals surface area contributed by atoms with Crippen LogP contribution < -0.4 is 10.6 Å². The minimum atomic E-state index is -1.34. The number of aliphatic hydroxyl groups is 1. The van der Waals surface area contributed by atoms with Gasteiger partial charge in [0.2, 0.25) is 5.91 Å². The third-order valence-corrected chi connectivity index (χ3v) is 5.44. The molecule has 1 fully saturated rings. The van der Waals surface area contributed by atoms with E-state index in [1.54, 1.807) is 26.1 Å². The van der Waals surface area contributed by atoms with Crippen LogP contribution in [0.15, 0.2) is 48.5 Å². The maximum atomic E-state index is 12.8. The van der Waals surface area contributed by atoms with E-state index < -0.39 is 49.1 Å². The van der Waals surface area contributed by atoms with Gasteiger partial charge >= 0.3 is 19.1 Å². The summed E-state index contributed by atoms with van der Waals surface area (Å²) in [5, 5.41) is 15.0. The van der Waals surface area contributed by atoms with Crippen LogP contribution in [0.3, 0.4) is 0 Å². The molecule has 0 saturated carbocycles. The number of aliphatic hydroxyl groups excluding tert-OH is 1. The van der Waals surface area contributed by atoms with Gasteiger partial charge in [-0.2, -0.15) is 0 Å². The predicted octanol–water partition coefficient (Wildman–Crippen LogP) is -0.208. The molecular formula is C23H27BN4O7. The van der Waals surface area contributed by atoms with Gasteiger partial charge in [-0.1, -0.05) is 36.4 Å². The largest absolute Gasteiger partial charge is 0.619 e. The highest BCUT2D eigenvalue weighted by Gasteiger charge is 2.36. The van der Waals surface area contributed by atoms with Crippen molar-refractivity contribution < 1.29 is 33.6 Å². The Kier molecular flexibility index (Phi) is 8.55. The first-order valence-corrected chi connectivity index (χ1v) is 11.0. The summed E-state index contributed by atoms with van der Waals surface area (Å²) in [5.41, 5.74) is 1.45. The lowest BCUT2D eigenvalue weighted by atomic mass is 9.89. The molecule has 12 heteroatoms. The minimum absolute atomic E-state index is 0.0609. The molecule has 1 aliphatic rings. The van der Waals surface area contributed by atoms with Gasteiger partial charge in [0.25, 0.3) is 5.91 Å².